The van der Waals surface area contributed by atoms with Gasteiger partial charge in [0.05, 0.1) is 5.56 Å². The van der Waals surface area contributed by atoms with Gasteiger partial charge in [-0.3, -0.25) is 4.79 Å². The van der Waals surface area contributed by atoms with E-state index in [1.54, 1.807) is 25.1 Å². The summed E-state index contributed by atoms with van der Waals surface area (Å²) in [6.45, 7) is 5.92. The van der Waals surface area contributed by atoms with Gasteiger partial charge in [-0.25, -0.2) is 0 Å². The van der Waals surface area contributed by atoms with Crippen molar-refractivity contribution in [3.63, 3.8) is 0 Å². The molecular formula is C14H20ClNO2. The first kappa shape index (κ1) is 14.8. The van der Waals surface area contributed by atoms with Gasteiger partial charge in [0.15, 0.2) is 0 Å². The molecule has 0 aliphatic rings. The van der Waals surface area contributed by atoms with Crippen molar-refractivity contribution in [2.75, 3.05) is 5.88 Å². The summed E-state index contributed by atoms with van der Waals surface area (Å²) in [5, 5.41) is 12.7. The Kier molecular flexibility index (Phi) is 5.48. The molecule has 1 aromatic rings. The number of nitrogens with one attached hydrogen (secondary N) is 1. The number of para-hydroxylation sites is 1. The normalized spacial score (nSPS) is 12.5. The van der Waals surface area contributed by atoms with Crippen LogP contribution in [0.4, 0.5) is 0 Å². The second-order valence-corrected chi connectivity index (χ2v) is 5.23. The number of amides is 1. The monoisotopic (exact) mass is 269 g/mol. The minimum atomic E-state index is -0.275. The van der Waals surface area contributed by atoms with Crippen LogP contribution in [0.15, 0.2) is 18.2 Å². The first-order valence-corrected chi connectivity index (χ1v) is 6.64. The lowest BCUT2D eigenvalue weighted by Crippen LogP contribution is -2.37. The molecule has 0 saturated heterocycles. The van der Waals surface area contributed by atoms with Crippen LogP contribution in [0.1, 0.15) is 36.2 Å². The van der Waals surface area contributed by atoms with Crippen LogP contribution in [0, 0.1) is 12.8 Å². The number of benzene rings is 1. The van der Waals surface area contributed by atoms with Crippen LogP contribution >= 0.6 is 11.6 Å². The van der Waals surface area contributed by atoms with E-state index in [4.69, 9.17) is 11.6 Å². The minimum absolute atomic E-state index is 0.0351. The Morgan fingerprint density at radius 1 is 1.44 bits per heavy atom. The predicted octanol–water partition coefficient (Wildman–Crippen LogP) is 3.08. The third kappa shape index (κ3) is 3.91. The molecule has 2 N–H and O–H groups in total. The minimum Gasteiger partial charge on any atom is -0.507 e. The molecule has 0 saturated carbocycles. The summed E-state index contributed by atoms with van der Waals surface area (Å²) in [7, 11) is 0. The molecule has 0 aliphatic heterocycles. The number of alkyl halides is 1. The van der Waals surface area contributed by atoms with Gasteiger partial charge in [0, 0.05) is 11.9 Å². The molecule has 4 heteroatoms. The molecule has 1 atom stereocenters. The lowest BCUT2D eigenvalue weighted by Gasteiger charge is -2.18. The summed E-state index contributed by atoms with van der Waals surface area (Å²) in [6.07, 6.45) is 0.821. The summed E-state index contributed by atoms with van der Waals surface area (Å²) in [5.74, 6) is 0.590. The number of phenols is 1. The van der Waals surface area contributed by atoms with E-state index in [1.807, 2.05) is 0 Å². The summed E-state index contributed by atoms with van der Waals surface area (Å²) < 4.78 is 0. The van der Waals surface area contributed by atoms with Crippen LogP contribution in [0.25, 0.3) is 0 Å². The fourth-order valence-corrected chi connectivity index (χ4v) is 2.04. The summed E-state index contributed by atoms with van der Waals surface area (Å²) in [6, 6.07) is 5.05. The van der Waals surface area contributed by atoms with E-state index < -0.39 is 0 Å². The molecular weight excluding hydrogens is 250 g/mol. The van der Waals surface area contributed by atoms with Crippen molar-refractivity contribution in [2.24, 2.45) is 5.92 Å². The first-order chi connectivity index (χ1) is 8.45. The maximum Gasteiger partial charge on any atom is 0.255 e. The average Bonchev–Trinajstić information content (AvgIpc) is 2.31. The van der Waals surface area contributed by atoms with Crippen LogP contribution < -0.4 is 5.32 Å². The molecule has 1 aromatic carbocycles. The van der Waals surface area contributed by atoms with Gasteiger partial charge < -0.3 is 10.4 Å². The molecule has 100 valence electrons. The molecule has 1 amide bonds. The molecule has 0 radical (unpaired) electrons. The van der Waals surface area contributed by atoms with Crippen molar-refractivity contribution in [3.05, 3.63) is 29.3 Å². The van der Waals surface area contributed by atoms with Gasteiger partial charge in [0.1, 0.15) is 5.75 Å². The van der Waals surface area contributed by atoms with Crippen LogP contribution in [-0.4, -0.2) is 22.9 Å². The maximum absolute atomic E-state index is 12.0. The molecule has 0 fully saturated rings. The van der Waals surface area contributed by atoms with E-state index in [1.165, 1.54) is 0 Å². The van der Waals surface area contributed by atoms with Gasteiger partial charge in [-0.05, 0) is 30.9 Å². The maximum atomic E-state index is 12.0. The van der Waals surface area contributed by atoms with Gasteiger partial charge in [-0.15, -0.1) is 11.6 Å². The number of rotatable bonds is 5. The highest BCUT2D eigenvalue weighted by Gasteiger charge is 2.17. The number of phenolic OH excluding ortho intramolecular Hbond substituents is 1. The molecule has 18 heavy (non-hydrogen) atoms. The smallest absolute Gasteiger partial charge is 0.255 e. The largest absolute Gasteiger partial charge is 0.507 e. The highest BCUT2D eigenvalue weighted by molar-refractivity contribution is 6.18. The highest BCUT2D eigenvalue weighted by Crippen LogP contribution is 2.21. The lowest BCUT2D eigenvalue weighted by molar-refractivity contribution is 0.0934. The van der Waals surface area contributed by atoms with Crippen molar-refractivity contribution in [1.29, 1.82) is 0 Å². The third-order valence-corrected chi connectivity index (χ3v) is 3.13. The number of halogens is 1. The van der Waals surface area contributed by atoms with E-state index in [-0.39, 0.29) is 17.7 Å². The van der Waals surface area contributed by atoms with Crippen molar-refractivity contribution in [1.82, 2.24) is 5.32 Å². The van der Waals surface area contributed by atoms with E-state index in [0.29, 0.717) is 22.9 Å². The van der Waals surface area contributed by atoms with E-state index >= 15 is 0 Å². The Hall–Kier alpha value is -1.22. The predicted molar refractivity (Wildman–Crippen MR) is 74.3 cm³/mol. The Balaban J connectivity index is 2.78. The van der Waals surface area contributed by atoms with E-state index in [9.17, 15) is 9.90 Å². The van der Waals surface area contributed by atoms with Gasteiger partial charge in [0.25, 0.3) is 5.91 Å². The van der Waals surface area contributed by atoms with Crippen LogP contribution in [0.2, 0.25) is 0 Å². The van der Waals surface area contributed by atoms with Gasteiger partial charge in [-0.2, -0.15) is 0 Å². The fraction of sp³-hybridized carbons (Fsp3) is 0.500. The zero-order valence-electron chi connectivity index (χ0n) is 11.0. The van der Waals surface area contributed by atoms with Crippen molar-refractivity contribution in [2.45, 2.75) is 33.2 Å². The standard InChI is InChI=1S/C14H20ClNO2/c1-9(2)7-11(8-15)16-14(18)12-6-4-5-10(3)13(12)17/h4-6,9,11,17H,7-8H2,1-3H3,(H,16,18). The molecule has 0 aliphatic carbocycles. The Labute approximate surface area is 113 Å². The van der Waals surface area contributed by atoms with Crippen LogP contribution in [0.5, 0.6) is 5.75 Å². The van der Waals surface area contributed by atoms with Gasteiger partial charge in [-0.1, -0.05) is 26.0 Å². The quantitative estimate of drug-likeness (QED) is 0.807. The third-order valence-electron chi connectivity index (χ3n) is 2.76. The molecule has 1 rings (SSSR count). The molecule has 0 spiro atoms. The van der Waals surface area contributed by atoms with E-state index in [0.717, 1.165) is 6.42 Å². The number of carbonyl (C=O) groups is 1. The molecule has 0 bridgehead atoms. The molecule has 0 heterocycles. The first-order valence-electron chi connectivity index (χ1n) is 6.11. The van der Waals surface area contributed by atoms with Gasteiger partial charge in [0.2, 0.25) is 0 Å². The second kappa shape index (κ2) is 6.64. The number of hydrogen-bond acceptors (Lipinski definition) is 2. The van der Waals surface area contributed by atoms with Crippen molar-refractivity contribution in [3.8, 4) is 5.75 Å². The SMILES string of the molecule is Cc1cccc(C(=O)NC(CCl)CC(C)C)c1O. The molecule has 1 unspecified atom stereocenters. The summed E-state index contributed by atoms with van der Waals surface area (Å²) in [5.41, 5.74) is 0.989. The Bertz CT molecular complexity index is 418. The lowest BCUT2D eigenvalue weighted by atomic mass is 10.0. The molecule has 3 nitrogen and oxygen atoms in total. The van der Waals surface area contributed by atoms with E-state index in [2.05, 4.69) is 19.2 Å². The summed E-state index contributed by atoms with van der Waals surface area (Å²) in [4.78, 5) is 12.0. The van der Waals surface area contributed by atoms with Crippen molar-refractivity contribution >= 4 is 17.5 Å². The number of aromatic hydroxyl groups is 1. The summed E-state index contributed by atoms with van der Waals surface area (Å²) >= 11 is 5.84. The zero-order valence-corrected chi connectivity index (χ0v) is 11.8. The number of aryl methyl sites for hydroxylation is 1. The Morgan fingerprint density at radius 2 is 2.11 bits per heavy atom. The fourth-order valence-electron chi connectivity index (χ4n) is 1.83. The number of carbonyl (C=O) groups excluding carboxylic acids is 1. The number of hydrogen-bond donors (Lipinski definition) is 2. The van der Waals surface area contributed by atoms with Crippen molar-refractivity contribution < 1.29 is 9.90 Å². The van der Waals surface area contributed by atoms with Crippen LogP contribution in [-0.2, 0) is 0 Å². The second-order valence-electron chi connectivity index (χ2n) is 4.93. The topological polar surface area (TPSA) is 49.3 Å². The van der Waals surface area contributed by atoms with Crippen LogP contribution in [0.3, 0.4) is 0 Å². The van der Waals surface area contributed by atoms with Gasteiger partial charge >= 0.3 is 0 Å². The zero-order chi connectivity index (χ0) is 13.7. The Morgan fingerprint density at radius 3 is 2.67 bits per heavy atom. The molecule has 0 aromatic heterocycles. The highest BCUT2D eigenvalue weighted by atomic mass is 35.5. The average molecular weight is 270 g/mol.